The van der Waals surface area contributed by atoms with E-state index >= 15 is 0 Å². The van der Waals surface area contributed by atoms with Crippen LogP contribution >= 0.6 is 27.7 Å². The monoisotopic (exact) mass is 281 g/mol. The van der Waals surface area contributed by atoms with Crippen LogP contribution in [0.2, 0.25) is 0 Å². The average molecular weight is 282 g/mol. The number of nitrogens with two attached hydrogens (primary N) is 1. The molecule has 0 fully saturated rings. The zero-order valence-corrected chi connectivity index (χ0v) is 10.1. The van der Waals surface area contributed by atoms with Crippen LogP contribution in [0.15, 0.2) is 51.1 Å². The molecule has 0 atom stereocenters. The lowest BCUT2D eigenvalue weighted by Gasteiger charge is -2.00. The Morgan fingerprint density at radius 3 is 2.87 bits per heavy atom. The fourth-order valence-corrected chi connectivity index (χ4v) is 2.40. The fraction of sp³-hybridized carbons (Fsp3) is 0. The van der Waals surface area contributed by atoms with Gasteiger partial charge in [-0.25, -0.2) is 9.97 Å². The highest BCUT2D eigenvalue weighted by molar-refractivity contribution is 9.10. The van der Waals surface area contributed by atoms with Gasteiger partial charge in [-0.1, -0.05) is 22.0 Å². The van der Waals surface area contributed by atoms with Crippen LogP contribution in [0.3, 0.4) is 0 Å². The number of halogens is 1. The van der Waals surface area contributed by atoms with Crippen LogP contribution in [-0.2, 0) is 0 Å². The minimum atomic E-state index is 0.488. The van der Waals surface area contributed by atoms with Crippen molar-refractivity contribution in [3.8, 4) is 0 Å². The third-order valence-electron chi connectivity index (χ3n) is 1.66. The second-order valence-electron chi connectivity index (χ2n) is 2.82. The van der Waals surface area contributed by atoms with Crippen LogP contribution in [0.5, 0.6) is 0 Å². The molecule has 0 saturated carbocycles. The molecule has 1 aromatic carbocycles. The Labute approximate surface area is 100 Å². The van der Waals surface area contributed by atoms with Crippen molar-refractivity contribution >= 4 is 33.5 Å². The normalized spacial score (nSPS) is 10.2. The van der Waals surface area contributed by atoms with Gasteiger partial charge in [-0.2, -0.15) is 0 Å². The number of benzene rings is 1. The predicted molar refractivity (Wildman–Crippen MR) is 64.7 cm³/mol. The Hall–Kier alpha value is -1.07. The molecule has 1 heterocycles. The Kier molecular flexibility index (Phi) is 3.23. The van der Waals surface area contributed by atoms with Gasteiger partial charge in [-0.15, -0.1) is 0 Å². The molecule has 2 rings (SSSR count). The maximum atomic E-state index is 5.57. The van der Waals surface area contributed by atoms with Gasteiger partial charge >= 0.3 is 0 Å². The molecule has 0 aliphatic carbocycles. The SMILES string of the molecule is Nc1ccnc(Sc2cccc(Br)c2)n1. The molecular weight excluding hydrogens is 274 g/mol. The summed E-state index contributed by atoms with van der Waals surface area (Å²) in [6, 6.07) is 9.63. The second kappa shape index (κ2) is 4.63. The summed E-state index contributed by atoms with van der Waals surface area (Å²) < 4.78 is 1.04. The molecule has 15 heavy (non-hydrogen) atoms. The number of anilines is 1. The van der Waals surface area contributed by atoms with Crippen LogP contribution in [0.1, 0.15) is 0 Å². The van der Waals surface area contributed by atoms with E-state index in [1.807, 2.05) is 24.3 Å². The third kappa shape index (κ3) is 2.94. The highest BCUT2D eigenvalue weighted by atomic mass is 79.9. The van der Waals surface area contributed by atoms with E-state index in [4.69, 9.17) is 5.73 Å². The van der Waals surface area contributed by atoms with Gasteiger partial charge in [0.25, 0.3) is 0 Å². The van der Waals surface area contributed by atoms with Crippen molar-refractivity contribution in [2.75, 3.05) is 5.73 Å². The minimum absolute atomic E-state index is 0.488. The summed E-state index contributed by atoms with van der Waals surface area (Å²) in [5.41, 5.74) is 5.57. The molecule has 0 aliphatic rings. The minimum Gasteiger partial charge on any atom is -0.384 e. The molecule has 2 aromatic rings. The summed E-state index contributed by atoms with van der Waals surface area (Å²) in [5, 5.41) is 0.660. The van der Waals surface area contributed by atoms with Gasteiger partial charge < -0.3 is 5.73 Å². The first-order valence-corrected chi connectivity index (χ1v) is 5.87. The van der Waals surface area contributed by atoms with E-state index in [-0.39, 0.29) is 0 Å². The van der Waals surface area contributed by atoms with Crippen molar-refractivity contribution in [3.63, 3.8) is 0 Å². The Morgan fingerprint density at radius 1 is 1.27 bits per heavy atom. The number of aromatic nitrogens is 2. The Morgan fingerprint density at radius 2 is 2.13 bits per heavy atom. The van der Waals surface area contributed by atoms with Crippen molar-refractivity contribution in [1.82, 2.24) is 9.97 Å². The summed E-state index contributed by atoms with van der Waals surface area (Å²) in [6.45, 7) is 0. The zero-order chi connectivity index (χ0) is 10.7. The maximum Gasteiger partial charge on any atom is 0.194 e. The number of hydrogen-bond donors (Lipinski definition) is 1. The number of nitrogen functional groups attached to an aromatic ring is 1. The molecule has 76 valence electrons. The molecule has 0 aliphatic heterocycles. The Bertz CT molecular complexity index is 432. The average Bonchev–Trinajstić information content (AvgIpc) is 2.17. The molecule has 0 radical (unpaired) electrons. The van der Waals surface area contributed by atoms with Crippen LogP contribution in [0, 0.1) is 0 Å². The lowest BCUT2D eigenvalue weighted by atomic mass is 10.4. The molecule has 0 saturated heterocycles. The number of hydrogen-bond acceptors (Lipinski definition) is 4. The summed E-state index contributed by atoms with van der Waals surface area (Å²) in [5.74, 6) is 0.488. The van der Waals surface area contributed by atoms with Gasteiger partial charge in [-0.3, -0.25) is 0 Å². The topological polar surface area (TPSA) is 51.8 Å². The first-order valence-electron chi connectivity index (χ1n) is 4.26. The first kappa shape index (κ1) is 10.4. The molecule has 1 aromatic heterocycles. The van der Waals surface area contributed by atoms with Crippen LogP contribution in [0.4, 0.5) is 5.82 Å². The van der Waals surface area contributed by atoms with Crippen LogP contribution in [0.25, 0.3) is 0 Å². The van der Waals surface area contributed by atoms with Crippen LogP contribution < -0.4 is 5.73 Å². The van der Waals surface area contributed by atoms with Crippen molar-refractivity contribution in [1.29, 1.82) is 0 Å². The molecule has 0 amide bonds. The van der Waals surface area contributed by atoms with Gasteiger partial charge in [0.15, 0.2) is 5.16 Å². The maximum absolute atomic E-state index is 5.57. The fourth-order valence-electron chi connectivity index (χ4n) is 1.04. The Balaban J connectivity index is 2.22. The van der Waals surface area contributed by atoms with Gasteiger partial charge in [0.2, 0.25) is 0 Å². The lowest BCUT2D eigenvalue weighted by Crippen LogP contribution is -1.92. The van der Waals surface area contributed by atoms with Gasteiger partial charge in [0.05, 0.1) is 0 Å². The van der Waals surface area contributed by atoms with E-state index in [0.29, 0.717) is 11.0 Å². The highest BCUT2D eigenvalue weighted by Crippen LogP contribution is 2.26. The molecule has 3 nitrogen and oxygen atoms in total. The van der Waals surface area contributed by atoms with Gasteiger partial charge in [0.1, 0.15) is 5.82 Å². The summed E-state index contributed by atoms with van der Waals surface area (Å²) >= 11 is 4.89. The van der Waals surface area contributed by atoms with Gasteiger partial charge in [-0.05, 0) is 36.0 Å². The zero-order valence-electron chi connectivity index (χ0n) is 7.72. The number of rotatable bonds is 2. The quantitative estimate of drug-likeness (QED) is 0.860. The van der Waals surface area contributed by atoms with Crippen molar-refractivity contribution in [2.24, 2.45) is 0 Å². The molecule has 2 N–H and O–H groups in total. The van der Waals surface area contributed by atoms with E-state index in [1.165, 1.54) is 11.8 Å². The smallest absolute Gasteiger partial charge is 0.194 e. The second-order valence-corrected chi connectivity index (χ2v) is 4.78. The summed E-state index contributed by atoms with van der Waals surface area (Å²) in [4.78, 5) is 9.31. The first-order chi connectivity index (χ1) is 7.24. The summed E-state index contributed by atoms with van der Waals surface area (Å²) in [6.07, 6.45) is 1.66. The molecule has 0 unspecified atom stereocenters. The van der Waals surface area contributed by atoms with Gasteiger partial charge in [0, 0.05) is 15.6 Å². The summed E-state index contributed by atoms with van der Waals surface area (Å²) in [7, 11) is 0. The molecule has 5 heteroatoms. The number of nitrogens with zero attached hydrogens (tertiary/aromatic N) is 2. The van der Waals surface area contributed by atoms with E-state index in [1.54, 1.807) is 12.3 Å². The van der Waals surface area contributed by atoms with E-state index in [2.05, 4.69) is 25.9 Å². The third-order valence-corrected chi connectivity index (χ3v) is 3.02. The van der Waals surface area contributed by atoms with Crippen molar-refractivity contribution in [2.45, 2.75) is 10.1 Å². The van der Waals surface area contributed by atoms with Crippen molar-refractivity contribution in [3.05, 3.63) is 41.0 Å². The van der Waals surface area contributed by atoms with Crippen molar-refractivity contribution < 1.29 is 0 Å². The standard InChI is InChI=1S/C10H8BrN3S/c11-7-2-1-3-8(6-7)15-10-13-5-4-9(12)14-10/h1-6H,(H2,12,13,14). The lowest BCUT2D eigenvalue weighted by molar-refractivity contribution is 0.975. The van der Waals surface area contributed by atoms with E-state index in [0.717, 1.165) is 9.37 Å². The molecule has 0 spiro atoms. The highest BCUT2D eigenvalue weighted by Gasteiger charge is 2.00. The van der Waals surface area contributed by atoms with E-state index < -0.39 is 0 Å². The van der Waals surface area contributed by atoms with Crippen LogP contribution in [-0.4, -0.2) is 9.97 Å². The predicted octanol–water partition coefficient (Wildman–Crippen LogP) is 2.97. The molecule has 0 bridgehead atoms. The largest absolute Gasteiger partial charge is 0.384 e. The molecular formula is C10H8BrN3S. The van der Waals surface area contributed by atoms with E-state index in [9.17, 15) is 0 Å².